The number of nitrogens with one attached hydrogen (secondary N) is 1. The second-order valence-corrected chi connectivity index (χ2v) is 5.59. The molecule has 7 nitrogen and oxygen atoms in total. The van der Waals surface area contributed by atoms with Gasteiger partial charge >= 0.3 is 5.97 Å². The molecule has 0 bridgehead atoms. The molecule has 0 spiro atoms. The SMILES string of the molecule is C[C@@H](OC(=O)CN(C)c1ccc(C#N)cn1)C(=O)Nc1c(F)cccc1F. The van der Waals surface area contributed by atoms with Crippen LogP contribution in [0.25, 0.3) is 0 Å². The van der Waals surface area contributed by atoms with E-state index in [2.05, 4.69) is 10.3 Å². The van der Waals surface area contributed by atoms with E-state index in [0.717, 1.165) is 18.2 Å². The summed E-state index contributed by atoms with van der Waals surface area (Å²) in [5.74, 6) is -3.05. The van der Waals surface area contributed by atoms with Crippen molar-refractivity contribution in [2.75, 3.05) is 23.8 Å². The molecule has 0 saturated heterocycles. The average molecular weight is 374 g/mol. The quantitative estimate of drug-likeness (QED) is 0.779. The molecule has 1 aromatic carbocycles. The Morgan fingerprint density at radius 2 is 1.96 bits per heavy atom. The summed E-state index contributed by atoms with van der Waals surface area (Å²) in [5, 5.41) is 10.8. The lowest BCUT2D eigenvalue weighted by Crippen LogP contribution is -2.35. The Balaban J connectivity index is 1.92. The standard InChI is InChI=1S/C18H16F2N4O3/c1-11(18(26)23-17-13(19)4-3-5-14(17)20)27-16(25)10-24(2)15-7-6-12(8-21)9-22-15/h3-7,9,11H,10H2,1-2H3,(H,23,26)/t11-/m1/s1. The van der Waals surface area contributed by atoms with Crippen molar-refractivity contribution >= 4 is 23.4 Å². The second kappa shape index (κ2) is 8.71. The van der Waals surface area contributed by atoms with Crippen molar-refractivity contribution < 1.29 is 23.1 Å². The van der Waals surface area contributed by atoms with E-state index in [0.29, 0.717) is 11.4 Å². The van der Waals surface area contributed by atoms with Crippen molar-refractivity contribution in [3.63, 3.8) is 0 Å². The van der Waals surface area contributed by atoms with Crippen molar-refractivity contribution in [1.82, 2.24) is 4.98 Å². The number of aromatic nitrogens is 1. The molecule has 1 N–H and O–H groups in total. The molecule has 140 valence electrons. The number of rotatable bonds is 6. The summed E-state index contributed by atoms with van der Waals surface area (Å²) in [4.78, 5) is 29.5. The van der Waals surface area contributed by atoms with Crippen LogP contribution in [0.4, 0.5) is 20.3 Å². The van der Waals surface area contributed by atoms with Crippen LogP contribution in [0, 0.1) is 23.0 Å². The number of hydrogen-bond donors (Lipinski definition) is 1. The van der Waals surface area contributed by atoms with Crippen molar-refractivity contribution in [3.8, 4) is 6.07 Å². The zero-order valence-electron chi connectivity index (χ0n) is 14.6. The van der Waals surface area contributed by atoms with Crippen molar-refractivity contribution in [2.24, 2.45) is 0 Å². The number of nitriles is 1. The highest BCUT2D eigenvalue weighted by Crippen LogP contribution is 2.18. The third-order valence-corrected chi connectivity index (χ3v) is 3.52. The molecule has 0 aliphatic heterocycles. The molecule has 0 radical (unpaired) electrons. The topological polar surface area (TPSA) is 95.3 Å². The highest BCUT2D eigenvalue weighted by molar-refractivity contribution is 5.95. The lowest BCUT2D eigenvalue weighted by atomic mass is 10.2. The third kappa shape index (κ3) is 5.22. The van der Waals surface area contributed by atoms with Crippen LogP contribution in [0.1, 0.15) is 12.5 Å². The highest BCUT2D eigenvalue weighted by Gasteiger charge is 2.21. The summed E-state index contributed by atoms with van der Waals surface area (Å²) in [6.07, 6.45) is 0.0924. The molecule has 2 rings (SSSR count). The van der Waals surface area contributed by atoms with Gasteiger partial charge in [0, 0.05) is 13.2 Å². The lowest BCUT2D eigenvalue weighted by Gasteiger charge is -2.19. The number of likely N-dealkylation sites (N-methyl/N-ethyl adjacent to an activating group) is 1. The van der Waals surface area contributed by atoms with Crippen molar-refractivity contribution in [1.29, 1.82) is 5.26 Å². The van der Waals surface area contributed by atoms with E-state index in [1.807, 2.05) is 6.07 Å². The van der Waals surface area contributed by atoms with Crippen LogP contribution in [-0.4, -0.2) is 36.6 Å². The van der Waals surface area contributed by atoms with Gasteiger partial charge in [-0.05, 0) is 31.2 Å². The fraction of sp³-hybridized carbons (Fsp3) is 0.222. The number of carbonyl (C=O) groups excluding carboxylic acids is 2. The van der Waals surface area contributed by atoms with E-state index < -0.39 is 35.3 Å². The first-order chi connectivity index (χ1) is 12.8. The van der Waals surface area contributed by atoms with Crippen LogP contribution in [-0.2, 0) is 14.3 Å². The molecule has 0 aliphatic carbocycles. The van der Waals surface area contributed by atoms with E-state index in [9.17, 15) is 18.4 Å². The fourth-order valence-corrected chi connectivity index (χ4v) is 2.08. The number of nitrogens with zero attached hydrogens (tertiary/aromatic N) is 3. The van der Waals surface area contributed by atoms with Gasteiger partial charge in [-0.3, -0.25) is 9.59 Å². The number of amides is 1. The van der Waals surface area contributed by atoms with Crippen LogP contribution in [0.3, 0.4) is 0 Å². The van der Waals surface area contributed by atoms with Crippen LogP contribution >= 0.6 is 0 Å². The van der Waals surface area contributed by atoms with Gasteiger partial charge in [-0.1, -0.05) is 6.07 Å². The average Bonchev–Trinajstić information content (AvgIpc) is 2.64. The fourth-order valence-electron chi connectivity index (χ4n) is 2.08. The van der Waals surface area contributed by atoms with E-state index in [-0.39, 0.29) is 6.54 Å². The molecule has 0 aliphatic rings. The predicted octanol–water partition coefficient (Wildman–Crippen LogP) is 2.24. The van der Waals surface area contributed by atoms with Crippen LogP contribution < -0.4 is 10.2 Å². The number of hydrogen-bond acceptors (Lipinski definition) is 6. The lowest BCUT2D eigenvalue weighted by molar-refractivity contribution is -0.151. The normalized spacial score (nSPS) is 11.2. The molecule has 9 heteroatoms. The molecule has 1 heterocycles. The molecule has 1 amide bonds. The van der Waals surface area contributed by atoms with Crippen LogP contribution in [0.5, 0.6) is 0 Å². The molecular formula is C18H16F2N4O3. The number of ether oxygens (including phenoxy) is 1. The number of pyridine rings is 1. The van der Waals surface area contributed by atoms with Gasteiger partial charge in [0.2, 0.25) is 0 Å². The summed E-state index contributed by atoms with van der Waals surface area (Å²) in [6.45, 7) is 1.07. The number of carbonyl (C=O) groups is 2. The largest absolute Gasteiger partial charge is 0.451 e. The first-order valence-corrected chi connectivity index (χ1v) is 7.83. The van der Waals surface area contributed by atoms with Gasteiger partial charge in [-0.2, -0.15) is 5.26 Å². The summed E-state index contributed by atoms with van der Waals surface area (Å²) in [7, 11) is 1.58. The summed E-state index contributed by atoms with van der Waals surface area (Å²) in [6, 6.07) is 8.19. The van der Waals surface area contributed by atoms with Crippen LogP contribution in [0.15, 0.2) is 36.5 Å². The van der Waals surface area contributed by atoms with E-state index in [4.69, 9.17) is 10.00 Å². The van der Waals surface area contributed by atoms with Gasteiger partial charge in [0.15, 0.2) is 6.10 Å². The Morgan fingerprint density at radius 1 is 1.30 bits per heavy atom. The van der Waals surface area contributed by atoms with Crippen molar-refractivity contribution in [2.45, 2.75) is 13.0 Å². The Labute approximate surface area is 154 Å². The molecule has 0 fully saturated rings. The first kappa shape index (κ1) is 19.8. The highest BCUT2D eigenvalue weighted by atomic mass is 19.1. The number of para-hydroxylation sites is 1. The van der Waals surface area contributed by atoms with E-state index in [1.165, 1.54) is 18.0 Å². The molecule has 2 aromatic rings. The summed E-state index contributed by atoms with van der Waals surface area (Å²) in [5.41, 5.74) is -0.232. The smallest absolute Gasteiger partial charge is 0.326 e. The number of anilines is 2. The number of benzene rings is 1. The minimum Gasteiger partial charge on any atom is -0.451 e. The number of halogens is 2. The van der Waals surface area contributed by atoms with E-state index >= 15 is 0 Å². The van der Waals surface area contributed by atoms with Gasteiger partial charge in [0.25, 0.3) is 5.91 Å². The van der Waals surface area contributed by atoms with Gasteiger partial charge < -0.3 is 15.0 Å². The van der Waals surface area contributed by atoms with Gasteiger partial charge in [-0.15, -0.1) is 0 Å². The molecular weight excluding hydrogens is 358 g/mol. The van der Waals surface area contributed by atoms with E-state index in [1.54, 1.807) is 19.2 Å². The van der Waals surface area contributed by atoms with Crippen molar-refractivity contribution in [3.05, 3.63) is 53.7 Å². The molecule has 1 atom stereocenters. The molecule has 27 heavy (non-hydrogen) atoms. The first-order valence-electron chi connectivity index (χ1n) is 7.83. The second-order valence-electron chi connectivity index (χ2n) is 5.59. The summed E-state index contributed by atoms with van der Waals surface area (Å²) < 4.78 is 32.1. The third-order valence-electron chi connectivity index (χ3n) is 3.52. The zero-order chi connectivity index (χ0) is 20.0. The minimum atomic E-state index is -1.26. The Hall–Kier alpha value is -3.54. The molecule has 1 aromatic heterocycles. The maximum Gasteiger partial charge on any atom is 0.326 e. The molecule has 0 unspecified atom stereocenters. The van der Waals surface area contributed by atoms with Gasteiger partial charge in [-0.25, -0.2) is 13.8 Å². The molecule has 0 saturated carbocycles. The van der Waals surface area contributed by atoms with Crippen LogP contribution in [0.2, 0.25) is 0 Å². The predicted molar refractivity (Wildman–Crippen MR) is 92.8 cm³/mol. The maximum absolute atomic E-state index is 13.6. The zero-order valence-corrected chi connectivity index (χ0v) is 14.6. The Morgan fingerprint density at radius 3 is 2.52 bits per heavy atom. The maximum atomic E-state index is 13.6. The van der Waals surface area contributed by atoms with Gasteiger partial charge in [0.05, 0.1) is 5.56 Å². The Kier molecular flexibility index (Phi) is 6.38. The van der Waals surface area contributed by atoms with Gasteiger partial charge in [0.1, 0.15) is 35.8 Å². The number of esters is 1. The minimum absolute atomic E-state index is 0.218. The summed E-state index contributed by atoms with van der Waals surface area (Å²) >= 11 is 0. The monoisotopic (exact) mass is 374 g/mol. The Bertz CT molecular complexity index is 861.